The van der Waals surface area contributed by atoms with E-state index in [1.165, 1.54) is 24.4 Å². The van der Waals surface area contributed by atoms with Crippen molar-refractivity contribution in [3.8, 4) is 11.3 Å². The molecule has 1 aromatic heterocycles. The highest BCUT2D eigenvalue weighted by Crippen LogP contribution is 2.60. The van der Waals surface area contributed by atoms with Gasteiger partial charge in [0.05, 0.1) is 28.0 Å². The zero-order valence-electron chi connectivity index (χ0n) is 19.7. The molecule has 8 nitrogen and oxygen atoms in total. The van der Waals surface area contributed by atoms with Crippen molar-refractivity contribution in [3.63, 3.8) is 0 Å². The Bertz CT molecular complexity index is 1590. The first-order valence-electron chi connectivity index (χ1n) is 12.1. The van der Waals surface area contributed by atoms with Crippen molar-refractivity contribution in [1.82, 2.24) is 5.01 Å². The number of nitro groups is 1. The summed E-state index contributed by atoms with van der Waals surface area (Å²) in [5.74, 6) is -1.38. The van der Waals surface area contributed by atoms with Crippen molar-refractivity contribution in [2.75, 3.05) is 0 Å². The van der Waals surface area contributed by atoms with Crippen LogP contribution in [0.5, 0.6) is 0 Å². The van der Waals surface area contributed by atoms with Gasteiger partial charge in [0, 0.05) is 29.5 Å². The Kier molecular flexibility index (Phi) is 4.90. The van der Waals surface area contributed by atoms with Gasteiger partial charge in [-0.05, 0) is 40.5 Å². The normalized spacial score (nSPS) is 23.0. The number of hydrogen-bond acceptors (Lipinski definition) is 6. The fourth-order valence-electron chi connectivity index (χ4n) is 6.27. The van der Waals surface area contributed by atoms with Crippen LogP contribution in [0.3, 0.4) is 0 Å². The molecule has 1 saturated heterocycles. The SMILES string of the molecule is O=C1C2C3c4ccccc4C(c4ccccc43)C2C(=O)N1/N=C/c1ccc(-c2ccc([N+](=O)[O-])cc2Cl)o1. The number of furan rings is 1. The van der Waals surface area contributed by atoms with Crippen molar-refractivity contribution >= 4 is 35.3 Å². The second-order valence-corrected chi connectivity index (χ2v) is 10.0. The number of non-ortho nitro benzene ring substituents is 1. The molecule has 2 heterocycles. The number of imide groups is 1. The van der Waals surface area contributed by atoms with Gasteiger partial charge in [-0.1, -0.05) is 60.1 Å². The van der Waals surface area contributed by atoms with Crippen LogP contribution in [-0.4, -0.2) is 28.0 Å². The van der Waals surface area contributed by atoms with E-state index < -0.39 is 16.8 Å². The second-order valence-electron chi connectivity index (χ2n) is 9.62. The summed E-state index contributed by atoms with van der Waals surface area (Å²) in [7, 11) is 0. The maximum absolute atomic E-state index is 13.6. The number of benzene rings is 3. The Hall–Kier alpha value is -4.56. The first-order chi connectivity index (χ1) is 18.4. The van der Waals surface area contributed by atoms with E-state index in [4.69, 9.17) is 16.0 Å². The summed E-state index contributed by atoms with van der Waals surface area (Å²) in [6.45, 7) is 0. The lowest BCUT2D eigenvalue weighted by atomic mass is 9.55. The average molecular weight is 524 g/mol. The van der Waals surface area contributed by atoms with Crippen LogP contribution in [0, 0.1) is 22.0 Å². The summed E-state index contributed by atoms with van der Waals surface area (Å²) in [5.41, 5.74) is 4.74. The first-order valence-corrected chi connectivity index (χ1v) is 12.5. The Morgan fingerprint density at radius 2 is 1.39 bits per heavy atom. The van der Waals surface area contributed by atoms with Gasteiger partial charge in [0.25, 0.3) is 17.5 Å². The summed E-state index contributed by atoms with van der Waals surface area (Å²) >= 11 is 6.22. The van der Waals surface area contributed by atoms with Crippen molar-refractivity contribution in [2.24, 2.45) is 16.9 Å². The number of nitro benzene ring substituents is 1. The Balaban J connectivity index is 1.21. The van der Waals surface area contributed by atoms with Gasteiger partial charge in [-0.25, -0.2) is 0 Å². The number of carbonyl (C=O) groups is 2. The minimum atomic E-state index is -0.527. The van der Waals surface area contributed by atoms with Crippen LogP contribution in [0.2, 0.25) is 5.02 Å². The number of nitrogens with zero attached hydrogens (tertiary/aromatic N) is 3. The van der Waals surface area contributed by atoms with Crippen molar-refractivity contribution < 1.29 is 18.9 Å². The third kappa shape index (κ3) is 3.13. The van der Waals surface area contributed by atoms with Crippen LogP contribution in [0.25, 0.3) is 11.3 Å². The van der Waals surface area contributed by atoms with Crippen LogP contribution < -0.4 is 0 Å². The van der Waals surface area contributed by atoms with Gasteiger partial charge in [0.15, 0.2) is 0 Å². The van der Waals surface area contributed by atoms with Crippen LogP contribution in [0.15, 0.2) is 88.4 Å². The molecule has 1 aliphatic heterocycles. The quantitative estimate of drug-likeness (QED) is 0.147. The molecule has 0 saturated carbocycles. The fraction of sp³-hybridized carbons (Fsp3) is 0.138. The van der Waals surface area contributed by atoms with Gasteiger partial charge in [0.1, 0.15) is 11.5 Å². The number of rotatable bonds is 4. The molecule has 3 aliphatic carbocycles. The molecule has 0 radical (unpaired) electrons. The molecule has 4 aromatic rings. The molecule has 2 unspecified atom stereocenters. The molecule has 1 fully saturated rings. The first kappa shape index (κ1) is 22.6. The molecule has 0 spiro atoms. The van der Waals surface area contributed by atoms with Crippen LogP contribution in [0.4, 0.5) is 5.69 Å². The molecule has 38 heavy (non-hydrogen) atoms. The number of hydrazone groups is 1. The van der Waals surface area contributed by atoms with E-state index in [0.717, 1.165) is 27.3 Å². The summed E-state index contributed by atoms with van der Waals surface area (Å²) in [4.78, 5) is 37.7. The van der Waals surface area contributed by atoms with Crippen LogP contribution in [-0.2, 0) is 9.59 Å². The summed E-state index contributed by atoms with van der Waals surface area (Å²) < 4.78 is 5.80. The minimum Gasteiger partial charge on any atom is -0.455 e. The largest absolute Gasteiger partial charge is 0.455 e. The molecule has 2 bridgehead atoms. The van der Waals surface area contributed by atoms with E-state index in [9.17, 15) is 19.7 Å². The smallest absolute Gasteiger partial charge is 0.270 e. The molecule has 0 N–H and O–H groups in total. The lowest BCUT2D eigenvalue weighted by Crippen LogP contribution is -2.41. The zero-order valence-corrected chi connectivity index (χ0v) is 20.4. The Morgan fingerprint density at radius 3 is 1.89 bits per heavy atom. The number of halogens is 1. The minimum absolute atomic E-state index is 0.127. The lowest BCUT2D eigenvalue weighted by Gasteiger charge is -2.45. The van der Waals surface area contributed by atoms with Crippen LogP contribution in [0.1, 0.15) is 39.8 Å². The van der Waals surface area contributed by atoms with Crippen LogP contribution >= 0.6 is 11.6 Å². The maximum Gasteiger partial charge on any atom is 0.270 e. The van der Waals surface area contributed by atoms with Gasteiger partial charge in [-0.3, -0.25) is 19.7 Å². The summed E-state index contributed by atoms with van der Waals surface area (Å²) in [5, 5.41) is 16.4. The Morgan fingerprint density at radius 1 is 0.842 bits per heavy atom. The van der Waals surface area contributed by atoms with Gasteiger partial charge >= 0.3 is 0 Å². The zero-order chi connectivity index (χ0) is 26.1. The molecule has 2 amide bonds. The van der Waals surface area contributed by atoms with Gasteiger partial charge in [0.2, 0.25) is 0 Å². The second kappa shape index (κ2) is 8.22. The van der Waals surface area contributed by atoms with Gasteiger partial charge < -0.3 is 4.42 Å². The number of hydrogen-bond donors (Lipinski definition) is 0. The molecular weight excluding hydrogens is 506 g/mol. The molecule has 8 rings (SSSR count). The third-order valence-electron chi connectivity index (χ3n) is 7.78. The van der Waals surface area contributed by atoms with E-state index in [2.05, 4.69) is 29.4 Å². The van der Waals surface area contributed by atoms with E-state index in [1.54, 1.807) is 12.1 Å². The predicted molar refractivity (Wildman–Crippen MR) is 139 cm³/mol. The molecule has 186 valence electrons. The molecule has 3 aromatic carbocycles. The molecule has 9 heteroatoms. The monoisotopic (exact) mass is 523 g/mol. The fourth-order valence-corrected chi connectivity index (χ4v) is 6.54. The predicted octanol–water partition coefficient (Wildman–Crippen LogP) is 5.73. The van der Waals surface area contributed by atoms with E-state index >= 15 is 0 Å². The molecule has 2 atom stereocenters. The highest BCUT2D eigenvalue weighted by Gasteiger charge is 2.61. The molecular formula is C29H18ClN3O5. The van der Waals surface area contributed by atoms with E-state index in [1.807, 2.05) is 24.3 Å². The highest BCUT2D eigenvalue weighted by molar-refractivity contribution is 6.33. The van der Waals surface area contributed by atoms with Gasteiger partial charge in [-0.15, -0.1) is 0 Å². The average Bonchev–Trinajstić information content (AvgIpc) is 3.50. The molecule has 4 aliphatic rings. The Labute approximate surface area is 221 Å². The maximum atomic E-state index is 13.6. The lowest BCUT2D eigenvalue weighted by molar-refractivity contribution is -0.384. The van der Waals surface area contributed by atoms with Crippen molar-refractivity contribution in [2.45, 2.75) is 11.8 Å². The van der Waals surface area contributed by atoms with Crippen molar-refractivity contribution in [1.29, 1.82) is 0 Å². The van der Waals surface area contributed by atoms with Gasteiger partial charge in [-0.2, -0.15) is 10.1 Å². The third-order valence-corrected chi connectivity index (χ3v) is 8.09. The number of carbonyl (C=O) groups excluding carboxylic acids is 2. The summed E-state index contributed by atoms with van der Waals surface area (Å²) in [6, 6.07) is 23.5. The summed E-state index contributed by atoms with van der Waals surface area (Å²) in [6.07, 6.45) is 1.33. The van der Waals surface area contributed by atoms with E-state index in [-0.39, 0.29) is 34.4 Å². The highest BCUT2D eigenvalue weighted by atomic mass is 35.5. The number of amides is 2. The topological polar surface area (TPSA) is 106 Å². The van der Waals surface area contributed by atoms with E-state index in [0.29, 0.717) is 17.1 Å². The standard InChI is InChI=1S/C29H18ClN3O5/c30-22-13-15(33(36)37)9-11-21(22)23-12-10-16(38-23)14-31-32-28(34)26-24-17-5-1-2-6-18(17)25(27(26)29(32)35)20-8-4-3-7-19(20)24/h1-14,24-27H/b31-14+. The van der Waals surface area contributed by atoms with Crippen molar-refractivity contribution in [3.05, 3.63) is 122 Å².